The maximum atomic E-state index is 10.2. The Kier molecular flexibility index (Phi) is 3.39. The van der Waals surface area contributed by atoms with Crippen LogP contribution in [-0.4, -0.2) is 23.7 Å². The molecule has 0 fully saturated rings. The normalized spacial score (nSPS) is 15.3. The summed E-state index contributed by atoms with van der Waals surface area (Å²) in [5.41, 5.74) is 0.150. The molecule has 1 aromatic rings. The van der Waals surface area contributed by atoms with Crippen molar-refractivity contribution in [2.75, 3.05) is 13.6 Å². The zero-order valence-electron chi connectivity index (χ0n) is 8.12. The summed E-state index contributed by atoms with van der Waals surface area (Å²) in [6.45, 7) is 2.53. The van der Waals surface area contributed by atoms with Crippen molar-refractivity contribution in [3.8, 4) is 0 Å². The lowest BCUT2D eigenvalue weighted by atomic mass is 9.92. The van der Waals surface area contributed by atoms with Crippen LogP contribution in [0.1, 0.15) is 18.9 Å². The third-order valence-corrected chi connectivity index (χ3v) is 2.27. The van der Waals surface area contributed by atoms with Gasteiger partial charge in [0.2, 0.25) is 0 Å². The van der Waals surface area contributed by atoms with Crippen molar-refractivity contribution in [3.63, 3.8) is 0 Å². The molecule has 0 saturated carbocycles. The molecule has 72 valence electrons. The molecule has 1 atom stereocenters. The van der Waals surface area contributed by atoms with Crippen molar-refractivity contribution >= 4 is 0 Å². The molecule has 1 aromatic heterocycles. The topological polar surface area (TPSA) is 45.1 Å². The van der Waals surface area contributed by atoms with E-state index in [2.05, 4.69) is 10.3 Å². The zero-order chi connectivity index (χ0) is 9.73. The highest BCUT2D eigenvalue weighted by atomic mass is 16.3. The number of pyridine rings is 1. The summed E-state index contributed by atoms with van der Waals surface area (Å²) in [4.78, 5) is 3.92. The minimum Gasteiger partial charge on any atom is -0.384 e. The van der Waals surface area contributed by atoms with E-state index in [1.165, 1.54) is 0 Å². The molecule has 1 rings (SSSR count). The smallest absolute Gasteiger partial charge is 0.102 e. The van der Waals surface area contributed by atoms with Gasteiger partial charge in [0.1, 0.15) is 5.60 Å². The third kappa shape index (κ3) is 2.26. The van der Waals surface area contributed by atoms with E-state index in [-0.39, 0.29) is 0 Å². The van der Waals surface area contributed by atoms with Crippen LogP contribution in [0.3, 0.4) is 0 Å². The van der Waals surface area contributed by atoms with Crippen LogP contribution in [0.4, 0.5) is 0 Å². The second kappa shape index (κ2) is 4.35. The molecule has 0 aromatic carbocycles. The van der Waals surface area contributed by atoms with Crippen LogP contribution in [0.5, 0.6) is 0 Å². The van der Waals surface area contributed by atoms with Crippen LogP contribution in [-0.2, 0) is 5.60 Å². The van der Waals surface area contributed by atoms with Gasteiger partial charge in [-0.15, -0.1) is 0 Å². The molecule has 1 heterocycles. The first-order chi connectivity index (χ1) is 6.23. The van der Waals surface area contributed by atoms with Crippen molar-refractivity contribution in [1.29, 1.82) is 0 Å². The van der Waals surface area contributed by atoms with Gasteiger partial charge in [0.05, 0.1) is 0 Å². The van der Waals surface area contributed by atoms with E-state index in [1.54, 1.807) is 12.4 Å². The number of nitrogens with one attached hydrogen (secondary N) is 1. The average molecular weight is 180 g/mol. The minimum absolute atomic E-state index is 0.563. The summed E-state index contributed by atoms with van der Waals surface area (Å²) in [5, 5.41) is 13.2. The van der Waals surface area contributed by atoms with E-state index in [1.807, 2.05) is 26.1 Å². The van der Waals surface area contributed by atoms with Crippen molar-refractivity contribution < 1.29 is 5.11 Å². The van der Waals surface area contributed by atoms with Gasteiger partial charge in [0.25, 0.3) is 0 Å². The van der Waals surface area contributed by atoms with Gasteiger partial charge in [-0.3, -0.25) is 4.98 Å². The molecule has 0 spiro atoms. The highest BCUT2D eigenvalue weighted by Crippen LogP contribution is 2.22. The first-order valence-electron chi connectivity index (χ1n) is 4.50. The molecule has 13 heavy (non-hydrogen) atoms. The Morgan fingerprint density at radius 1 is 1.46 bits per heavy atom. The largest absolute Gasteiger partial charge is 0.384 e. The molecular formula is C10H16N2O. The molecule has 0 amide bonds. The monoisotopic (exact) mass is 180 g/mol. The molecular weight excluding hydrogens is 164 g/mol. The summed E-state index contributed by atoms with van der Waals surface area (Å²) < 4.78 is 0. The van der Waals surface area contributed by atoms with E-state index < -0.39 is 5.60 Å². The van der Waals surface area contributed by atoms with Gasteiger partial charge in [0.15, 0.2) is 0 Å². The number of hydrogen-bond acceptors (Lipinski definition) is 3. The second-order valence-electron chi connectivity index (χ2n) is 3.15. The van der Waals surface area contributed by atoms with Crippen molar-refractivity contribution in [2.24, 2.45) is 0 Å². The molecule has 0 saturated heterocycles. The average Bonchev–Trinajstić information content (AvgIpc) is 2.19. The second-order valence-corrected chi connectivity index (χ2v) is 3.15. The van der Waals surface area contributed by atoms with Crippen molar-refractivity contribution in [1.82, 2.24) is 10.3 Å². The molecule has 1 unspecified atom stereocenters. The van der Waals surface area contributed by atoms with E-state index in [4.69, 9.17) is 0 Å². The van der Waals surface area contributed by atoms with Gasteiger partial charge in [-0.2, -0.15) is 0 Å². The molecule has 0 radical (unpaired) electrons. The van der Waals surface area contributed by atoms with E-state index >= 15 is 0 Å². The number of aromatic nitrogens is 1. The Morgan fingerprint density at radius 3 is 2.54 bits per heavy atom. The van der Waals surface area contributed by atoms with Crippen LogP contribution in [0.15, 0.2) is 24.5 Å². The predicted molar refractivity (Wildman–Crippen MR) is 52.4 cm³/mol. The number of rotatable bonds is 4. The summed E-state index contributed by atoms with van der Waals surface area (Å²) in [7, 11) is 1.84. The summed E-state index contributed by atoms with van der Waals surface area (Å²) in [5.74, 6) is 0. The number of hydrogen-bond donors (Lipinski definition) is 2. The zero-order valence-corrected chi connectivity index (χ0v) is 8.12. The first kappa shape index (κ1) is 10.2. The van der Waals surface area contributed by atoms with Gasteiger partial charge < -0.3 is 10.4 Å². The maximum absolute atomic E-state index is 10.2. The van der Waals surface area contributed by atoms with Gasteiger partial charge in [-0.1, -0.05) is 6.92 Å². The fourth-order valence-electron chi connectivity index (χ4n) is 1.39. The Hall–Kier alpha value is -0.930. The number of likely N-dealkylation sites (N-methyl/N-ethyl adjacent to an activating group) is 1. The summed E-state index contributed by atoms with van der Waals surface area (Å²) in [6.07, 6.45) is 4.09. The first-order valence-corrected chi connectivity index (χ1v) is 4.50. The van der Waals surface area contributed by atoms with Crippen LogP contribution in [0.2, 0.25) is 0 Å². The van der Waals surface area contributed by atoms with E-state index in [0.717, 1.165) is 5.56 Å². The van der Waals surface area contributed by atoms with E-state index in [0.29, 0.717) is 13.0 Å². The molecule has 0 aliphatic heterocycles. The van der Waals surface area contributed by atoms with Crippen LogP contribution in [0.25, 0.3) is 0 Å². The summed E-state index contributed by atoms with van der Waals surface area (Å²) >= 11 is 0. The van der Waals surface area contributed by atoms with Crippen LogP contribution >= 0.6 is 0 Å². The number of aliphatic hydroxyl groups is 1. The Morgan fingerprint density at radius 2 is 2.08 bits per heavy atom. The predicted octanol–water partition coefficient (Wildman–Crippen LogP) is 0.899. The lowest BCUT2D eigenvalue weighted by Gasteiger charge is -2.26. The van der Waals surface area contributed by atoms with Crippen LogP contribution in [0, 0.1) is 0 Å². The fraction of sp³-hybridized carbons (Fsp3) is 0.500. The van der Waals surface area contributed by atoms with Crippen LogP contribution < -0.4 is 5.32 Å². The molecule has 3 nitrogen and oxygen atoms in total. The molecule has 0 aliphatic rings. The van der Waals surface area contributed by atoms with Gasteiger partial charge in [-0.05, 0) is 31.2 Å². The molecule has 0 bridgehead atoms. The Bertz CT molecular complexity index is 250. The van der Waals surface area contributed by atoms with Gasteiger partial charge in [0, 0.05) is 18.9 Å². The Labute approximate surface area is 78.8 Å². The quantitative estimate of drug-likeness (QED) is 0.723. The minimum atomic E-state index is -0.766. The van der Waals surface area contributed by atoms with Crippen molar-refractivity contribution in [2.45, 2.75) is 18.9 Å². The van der Waals surface area contributed by atoms with E-state index in [9.17, 15) is 5.11 Å². The lowest BCUT2D eigenvalue weighted by Crippen LogP contribution is -2.35. The molecule has 0 aliphatic carbocycles. The molecule has 2 N–H and O–H groups in total. The SMILES string of the molecule is CCC(O)(CNC)c1ccncc1. The standard InChI is InChI=1S/C10H16N2O/c1-3-10(13,8-11-2)9-4-6-12-7-5-9/h4-7,11,13H,3,8H2,1-2H3. The third-order valence-electron chi connectivity index (χ3n) is 2.27. The van der Waals surface area contributed by atoms with Gasteiger partial charge >= 0.3 is 0 Å². The maximum Gasteiger partial charge on any atom is 0.102 e. The summed E-state index contributed by atoms with van der Waals surface area (Å²) in [6, 6.07) is 3.70. The highest BCUT2D eigenvalue weighted by molar-refractivity contribution is 5.19. The Balaban J connectivity index is 2.89. The van der Waals surface area contributed by atoms with Crippen molar-refractivity contribution in [3.05, 3.63) is 30.1 Å². The molecule has 3 heteroatoms. The lowest BCUT2D eigenvalue weighted by molar-refractivity contribution is 0.0345. The van der Waals surface area contributed by atoms with Gasteiger partial charge in [-0.25, -0.2) is 0 Å². The highest BCUT2D eigenvalue weighted by Gasteiger charge is 2.25. The fourth-order valence-corrected chi connectivity index (χ4v) is 1.39. The number of nitrogens with zero attached hydrogens (tertiary/aromatic N) is 1.